The molecule has 0 aliphatic heterocycles. The van der Waals surface area contributed by atoms with E-state index >= 15 is 0 Å². The largest absolute Gasteiger partial charge is 0.476 e. The van der Waals surface area contributed by atoms with E-state index in [0.717, 1.165) is 11.1 Å². The van der Waals surface area contributed by atoms with Gasteiger partial charge in [0.25, 0.3) is 0 Å². The van der Waals surface area contributed by atoms with Crippen LogP contribution >= 0.6 is 11.6 Å². The number of hydrogen-bond donors (Lipinski definition) is 1. The van der Waals surface area contributed by atoms with Gasteiger partial charge in [-0.1, -0.05) is 23.7 Å². The fourth-order valence-corrected chi connectivity index (χ4v) is 2.32. The van der Waals surface area contributed by atoms with Gasteiger partial charge in [0.2, 0.25) is 0 Å². The van der Waals surface area contributed by atoms with Gasteiger partial charge >= 0.3 is 5.97 Å². The quantitative estimate of drug-likeness (QED) is 0.787. The SMILES string of the molecule is Cn1nc(C(=O)O)c2c(-c3ccc(Cl)cc3)ccnc21. The number of benzene rings is 1. The molecule has 1 N–H and O–H groups in total. The number of aryl methyl sites for hydroxylation is 1. The number of aromatic carboxylic acids is 1. The lowest BCUT2D eigenvalue weighted by atomic mass is 10.0. The molecule has 0 radical (unpaired) electrons. The zero-order chi connectivity index (χ0) is 14.3. The van der Waals surface area contributed by atoms with Crippen LogP contribution in [0.4, 0.5) is 0 Å². The Labute approximate surface area is 119 Å². The van der Waals surface area contributed by atoms with Gasteiger partial charge in [-0.15, -0.1) is 0 Å². The van der Waals surface area contributed by atoms with E-state index in [4.69, 9.17) is 11.6 Å². The van der Waals surface area contributed by atoms with E-state index in [1.165, 1.54) is 4.68 Å². The van der Waals surface area contributed by atoms with Crippen molar-refractivity contribution in [1.29, 1.82) is 0 Å². The van der Waals surface area contributed by atoms with Crippen molar-refractivity contribution in [3.63, 3.8) is 0 Å². The Hall–Kier alpha value is -2.40. The monoisotopic (exact) mass is 287 g/mol. The van der Waals surface area contributed by atoms with Crippen LogP contribution < -0.4 is 0 Å². The third kappa shape index (κ3) is 1.92. The number of halogens is 1. The van der Waals surface area contributed by atoms with Crippen LogP contribution in [0.5, 0.6) is 0 Å². The molecule has 0 amide bonds. The first-order valence-electron chi connectivity index (χ1n) is 5.89. The molecule has 0 bridgehead atoms. The Morgan fingerprint density at radius 2 is 1.95 bits per heavy atom. The highest BCUT2D eigenvalue weighted by Gasteiger charge is 2.19. The minimum Gasteiger partial charge on any atom is -0.476 e. The molecule has 0 aliphatic rings. The van der Waals surface area contributed by atoms with Crippen LogP contribution in [0.3, 0.4) is 0 Å². The molecule has 1 aromatic carbocycles. The van der Waals surface area contributed by atoms with E-state index < -0.39 is 5.97 Å². The number of aromatic nitrogens is 3. The predicted molar refractivity (Wildman–Crippen MR) is 75.9 cm³/mol. The van der Waals surface area contributed by atoms with Crippen LogP contribution in [0.2, 0.25) is 5.02 Å². The summed E-state index contributed by atoms with van der Waals surface area (Å²) >= 11 is 5.88. The molecule has 3 rings (SSSR count). The first kappa shape index (κ1) is 12.6. The fourth-order valence-electron chi connectivity index (χ4n) is 2.20. The first-order valence-corrected chi connectivity index (χ1v) is 6.26. The van der Waals surface area contributed by atoms with Crippen LogP contribution in [-0.4, -0.2) is 25.8 Å². The van der Waals surface area contributed by atoms with Crippen LogP contribution in [-0.2, 0) is 7.05 Å². The van der Waals surface area contributed by atoms with Crippen molar-refractivity contribution in [3.8, 4) is 11.1 Å². The second kappa shape index (κ2) is 4.61. The molecule has 2 aromatic heterocycles. The summed E-state index contributed by atoms with van der Waals surface area (Å²) < 4.78 is 1.47. The molecule has 6 heteroatoms. The summed E-state index contributed by atoms with van der Waals surface area (Å²) in [5.41, 5.74) is 2.19. The van der Waals surface area contributed by atoms with Crippen molar-refractivity contribution in [2.24, 2.45) is 7.05 Å². The van der Waals surface area contributed by atoms with Crippen molar-refractivity contribution in [2.75, 3.05) is 0 Å². The summed E-state index contributed by atoms with van der Waals surface area (Å²) in [7, 11) is 1.67. The number of fused-ring (bicyclic) bond motifs is 1. The van der Waals surface area contributed by atoms with Gasteiger partial charge < -0.3 is 5.11 Å². The van der Waals surface area contributed by atoms with Gasteiger partial charge in [-0.05, 0) is 29.3 Å². The zero-order valence-corrected chi connectivity index (χ0v) is 11.3. The Morgan fingerprint density at radius 3 is 2.60 bits per heavy atom. The lowest BCUT2D eigenvalue weighted by molar-refractivity contribution is 0.0691. The highest BCUT2D eigenvalue weighted by atomic mass is 35.5. The number of hydrogen-bond acceptors (Lipinski definition) is 3. The van der Waals surface area contributed by atoms with Crippen LogP contribution in [0.15, 0.2) is 36.5 Å². The molecule has 5 nitrogen and oxygen atoms in total. The zero-order valence-electron chi connectivity index (χ0n) is 10.5. The smallest absolute Gasteiger partial charge is 0.357 e. The van der Waals surface area contributed by atoms with Crippen molar-refractivity contribution < 1.29 is 9.90 Å². The van der Waals surface area contributed by atoms with Gasteiger partial charge in [-0.3, -0.25) is 0 Å². The van der Waals surface area contributed by atoms with Crippen molar-refractivity contribution in [3.05, 3.63) is 47.2 Å². The van der Waals surface area contributed by atoms with Crippen LogP contribution in [0.25, 0.3) is 22.2 Å². The summed E-state index contributed by atoms with van der Waals surface area (Å²) in [6.07, 6.45) is 1.64. The number of nitrogens with zero attached hydrogens (tertiary/aromatic N) is 3. The van der Waals surface area contributed by atoms with Gasteiger partial charge in [0.05, 0.1) is 5.39 Å². The number of carboxylic acid groups (broad SMARTS) is 1. The predicted octanol–water partition coefficient (Wildman–Crippen LogP) is 2.99. The van der Waals surface area contributed by atoms with E-state index in [1.54, 1.807) is 31.4 Å². The second-order valence-corrected chi connectivity index (χ2v) is 4.78. The summed E-state index contributed by atoms with van der Waals surface area (Å²) in [4.78, 5) is 15.5. The Bertz CT molecular complexity index is 809. The summed E-state index contributed by atoms with van der Waals surface area (Å²) in [6.45, 7) is 0. The van der Waals surface area contributed by atoms with E-state index in [0.29, 0.717) is 16.1 Å². The maximum Gasteiger partial charge on any atom is 0.357 e. The Kier molecular flexibility index (Phi) is 2.91. The molecular weight excluding hydrogens is 278 g/mol. The number of rotatable bonds is 2. The summed E-state index contributed by atoms with van der Waals surface area (Å²) in [5, 5.41) is 14.5. The van der Waals surface area contributed by atoms with E-state index in [2.05, 4.69) is 10.1 Å². The molecular formula is C14H10ClN3O2. The number of carboxylic acids is 1. The normalized spacial score (nSPS) is 10.9. The van der Waals surface area contributed by atoms with Crippen molar-refractivity contribution >= 4 is 28.6 Å². The Morgan fingerprint density at radius 1 is 1.25 bits per heavy atom. The average molecular weight is 288 g/mol. The molecule has 3 aromatic rings. The fraction of sp³-hybridized carbons (Fsp3) is 0.0714. The molecule has 0 saturated heterocycles. The van der Waals surface area contributed by atoms with Gasteiger partial charge in [0.15, 0.2) is 11.3 Å². The van der Waals surface area contributed by atoms with Crippen LogP contribution in [0, 0.1) is 0 Å². The van der Waals surface area contributed by atoms with Gasteiger partial charge in [0, 0.05) is 18.3 Å². The molecule has 0 spiro atoms. The molecule has 20 heavy (non-hydrogen) atoms. The third-order valence-electron chi connectivity index (χ3n) is 3.08. The molecule has 0 atom stereocenters. The molecule has 0 saturated carbocycles. The van der Waals surface area contributed by atoms with E-state index in [-0.39, 0.29) is 5.69 Å². The number of pyridine rings is 1. The lowest BCUT2D eigenvalue weighted by Crippen LogP contribution is -1.99. The summed E-state index contributed by atoms with van der Waals surface area (Å²) in [5.74, 6) is -1.07. The third-order valence-corrected chi connectivity index (χ3v) is 3.33. The van der Waals surface area contributed by atoms with Gasteiger partial charge in [-0.25, -0.2) is 14.5 Å². The molecule has 0 fully saturated rings. The van der Waals surface area contributed by atoms with Crippen molar-refractivity contribution in [1.82, 2.24) is 14.8 Å². The highest BCUT2D eigenvalue weighted by Crippen LogP contribution is 2.30. The first-order chi connectivity index (χ1) is 9.58. The second-order valence-electron chi connectivity index (χ2n) is 4.34. The number of carbonyl (C=O) groups is 1. The maximum absolute atomic E-state index is 11.3. The standard InChI is InChI=1S/C14H10ClN3O2/c1-18-13-11(12(17-18)14(19)20)10(6-7-16-13)8-2-4-9(15)5-3-8/h2-7H,1H3,(H,19,20). The van der Waals surface area contributed by atoms with Gasteiger partial charge in [0.1, 0.15) is 0 Å². The highest BCUT2D eigenvalue weighted by molar-refractivity contribution is 6.30. The average Bonchev–Trinajstić information content (AvgIpc) is 2.78. The van der Waals surface area contributed by atoms with E-state index in [9.17, 15) is 9.90 Å². The lowest BCUT2D eigenvalue weighted by Gasteiger charge is -2.04. The minimum absolute atomic E-state index is 0.000509. The molecule has 2 heterocycles. The Balaban J connectivity index is 2.35. The maximum atomic E-state index is 11.3. The van der Waals surface area contributed by atoms with Crippen molar-refractivity contribution in [2.45, 2.75) is 0 Å². The minimum atomic E-state index is -1.07. The van der Waals surface area contributed by atoms with Crippen LogP contribution in [0.1, 0.15) is 10.5 Å². The van der Waals surface area contributed by atoms with E-state index in [1.807, 2.05) is 12.1 Å². The molecule has 0 unspecified atom stereocenters. The topological polar surface area (TPSA) is 68.0 Å². The molecule has 100 valence electrons. The molecule has 0 aliphatic carbocycles. The van der Waals surface area contributed by atoms with Gasteiger partial charge in [-0.2, -0.15) is 5.10 Å². The summed E-state index contributed by atoms with van der Waals surface area (Å²) in [6, 6.07) is 8.99.